The van der Waals surface area contributed by atoms with E-state index in [2.05, 4.69) is 15.0 Å². The summed E-state index contributed by atoms with van der Waals surface area (Å²) in [5.74, 6) is -0.140. The van der Waals surface area contributed by atoms with Gasteiger partial charge in [0, 0.05) is 37.6 Å². The highest BCUT2D eigenvalue weighted by molar-refractivity contribution is 7.89. The highest BCUT2D eigenvalue weighted by Crippen LogP contribution is 2.24. The van der Waals surface area contributed by atoms with Crippen molar-refractivity contribution in [2.24, 2.45) is 0 Å². The fraction of sp³-hybridized carbons (Fsp3) is 0.375. The Morgan fingerprint density at radius 1 is 1.36 bits per heavy atom. The highest BCUT2D eigenvalue weighted by atomic mass is 32.2. The third-order valence-corrected chi connectivity index (χ3v) is 5.05. The molecule has 136 valence electrons. The van der Waals surface area contributed by atoms with Crippen LogP contribution in [0.3, 0.4) is 0 Å². The molecule has 0 bridgehead atoms. The smallest absolute Gasteiger partial charge is 0.251 e. The number of methoxy groups -OCH3 is 1. The SMILES string of the molecule is CCNS(=O)(=O)c1cc(C(=O)NCCCn2ccnc2)ccc1OC. The number of hydrogen-bond acceptors (Lipinski definition) is 5. The van der Waals surface area contributed by atoms with Gasteiger partial charge < -0.3 is 14.6 Å². The largest absolute Gasteiger partial charge is 0.495 e. The van der Waals surface area contributed by atoms with E-state index in [1.807, 2.05) is 10.8 Å². The Bertz CT molecular complexity index is 804. The molecule has 1 aromatic carbocycles. The second-order valence-electron chi connectivity index (χ2n) is 5.28. The summed E-state index contributed by atoms with van der Waals surface area (Å²) in [6.07, 6.45) is 6.00. The molecule has 1 amide bonds. The number of carbonyl (C=O) groups excluding carboxylic acids is 1. The predicted octanol–water partition coefficient (Wildman–Crippen LogP) is 1.01. The summed E-state index contributed by atoms with van der Waals surface area (Å²) in [7, 11) is -2.34. The lowest BCUT2D eigenvalue weighted by Gasteiger charge is -2.12. The summed E-state index contributed by atoms with van der Waals surface area (Å²) in [5, 5.41) is 2.78. The van der Waals surface area contributed by atoms with Gasteiger partial charge in [0.05, 0.1) is 13.4 Å². The fourth-order valence-corrected chi connectivity index (χ4v) is 3.51. The maximum atomic E-state index is 12.3. The highest BCUT2D eigenvalue weighted by Gasteiger charge is 2.20. The second kappa shape index (κ2) is 8.63. The summed E-state index contributed by atoms with van der Waals surface area (Å²) in [6.45, 7) is 3.14. The Morgan fingerprint density at radius 2 is 2.16 bits per heavy atom. The van der Waals surface area contributed by atoms with Crippen molar-refractivity contribution in [1.82, 2.24) is 19.6 Å². The molecule has 2 aromatic rings. The zero-order valence-corrected chi connectivity index (χ0v) is 15.0. The van der Waals surface area contributed by atoms with E-state index in [9.17, 15) is 13.2 Å². The van der Waals surface area contributed by atoms with E-state index in [1.165, 1.54) is 25.3 Å². The molecule has 25 heavy (non-hydrogen) atoms. The van der Waals surface area contributed by atoms with Crippen molar-refractivity contribution < 1.29 is 17.9 Å². The van der Waals surface area contributed by atoms with Crippen LogP contribution in [-0.4, -0.2) is 44.1 Å². The molecule has 1 aromatic heterocycles. The van der Waals surface area contributed by atoms with Crippen molar-refractivity contribution in [3.8, 4) is 5.75 Å². The molecule has 2 N–H and O–H groups in total. The van der Waals surface area contributed by atoms with Gasteiger partial charge in [-0.05, 0) is 24.6 Å². The number of nitrogens with zero attached hydrogens (tertiary/aromatic N) is 2. The number of amides is 1. The van der Waals surface area contributed by atoms with Crippen molar-refractivity contribution in [3.05, 3.63) is 42.5 Å². The van der Waals surface area contributed by atoms with Gasteiger partial charge in [-0.2, -0.15) is 0 Å². The van der Waals surface area contributed by atoms with E-state index in [1.54, 1.807) is 19.4 Å². The van der Waals surface area contributed by atoms with E-state index in [0.717, 1.165) is 13.0 Å². The van der Waals surface area contributed by atoms with Gasteiger partial charge in [0.25, 0.3) is 5.91 Å². The van der Waals surface area contributed by atoms with E-state index in [4.69, 9.17) is 4.74 Å². The molecule has 0 saturated heterocycles. The van der Waals surface area contributed by atoms with Gasteiger partial charge in [-0.15, -0.1) is 0 Å². The quantitative estimate of drug-likeness (QED) is 0.645. The molecule has 0 atom stereocenters. The average Bonchev–Trinajstić information content (AvgIpc) is 3.11. The Morgan fingerprint density at radius 3 is 2.80 bits per heavy atom. The lowest BCUT2D eigenvalue weighted by Crippen LogP contribution is -2.27. The van der Waals surface area contributed by atoms with Crippen LogP contribution in [0.15, 0.2) is 41.8 Å². The molecule has 0 aliphatic rings. The summed E-state index contributed by atoms with van der Waals surface area (Å²) >= 11 is 0. The Balaban J connectivity index is 2.04. The fourth-order valence-electron chi connectivity index (χ4n) is 2.28. The number of sulfonamides is 1. The minimum absolute atomic E-state index is 0.0529. The van der Waals surface area contributed by atoms with Crippen molar-refractivity contribution in [1.29, 1.82) is 0 Å². The van der Waals surface area contributed by atoms with Crippen molar-refractivity contribution >= 4 is 15.9 Å². The van der Waals surface area contributed by atoms with Crippen molar-refractivity contribution in [2.75, 3.05) is 20.2 Å². The summed E-state index contributed by atoms with van der Waals surface area (Å²) in [4.78, 5) is 16.2. The summed E-state index contributed by atoms with van der Waals surface area (Å²) < 4.78 is 33.9. The maximum Gasteiger partial charge on any atom is 0.251 e. The number of imidazole rings is 1. The number of ether oxygens (including phenoxy) is 1. The molecule has 0 unspecified atom stereocenters. The van der Waals surface area contributed by atoms with E-state index >= 15 is 0 Å². The van der Waals surface area contributed by atoms with Crippen LogP contribution in [-0.2, 0) is 16.6 Å². The van der Waals surface area contributed by atoms with Crippen LogP contribution in [0.4, 0.5) is 0 Å². The van der Waals surface area contributed by atoms with Gasteiger partial charge in [-0.25, -0.2) is 18.1 Å². The number of aryl methyl sites for hydroxylation is 1. The number of rotatable bonds is 9. The lowest BCUT2D eigenvalue weighted by molar-refractivity contribution is 0.0952. The zero-order valence-electron chi connectivity index (χ0n) is 14.2. The van der Waals surface area contributed by atoms with Crippen LogP contribution in [0, 0.1) is 0 Å². The molecule has 2 rings (SSSR count). The monoisotopic (exact) mass is 366 g/mol. The van der Waals surface area contributed by atoms with Crippen molar-refractivity contribution in [2.45, 2.75) is 24.8 Å². The first kappa shape index (κ1) is 18.9. The summed E-state index contributed by atoms with van der Waals surface area (Å²) in [5.41, 5.74) is 0.264. The summed E-state index contributed by atoms with van der Waals surface area (Å²) in [6, 6.07) is 4.33. The zero-order chi connectivity index (χ0) is 18.3. The molecule has 0 radical (unpaired) electrons. The Hall–Kier alpha value is -2.39. The van der Waals surface area contributed by atoms with Crippen LogP contribution in [0.2, 0.25) is 0 Å². The number of nitrogens with one attached hydrogen (secondary N) is 2. The lowest BCUT2D eigenvalue weighted by atomic mass is 10.2. The first-order valence-corrected chi connectivity index (χ1v) is 9.38. The number of carbonyl (C=O) groups is 1. The molecule has 0 saturated carbocycles. The normalized spacial score (nSPS) is 11.3. The third kappa shape index (κ3) is 5.04. The van der Waals surface area contributed by atoms with Gasteiger partial charge in [-0.1, -0.05) is 6.92 Å². The molecular weight excluding hydrogens is 344 g/mol. The standard InChI is InChI=1S/C16H22N4O4S/c1-3-19-25(22,23)15-11-13(5-6-14(15)24-2)16(21)18-7-4-9-20-10-8-17-12-20/h5-6,8,10-12,19H,3-4,7,9H2,1-2H3,(H,18,21). The van der Waals surface area contributed by atoms with Crippen LogP contribution in [0.25, 0.3) is 0 Å². The van der Waals surface area contributed by atoms with Gasteiger partial charge in [0.1, 0.15) is 10.6 Å². The molecule has 0 fully saturated rings. The molecule has 8 nitrogen and oxygen atoms in total. The van der Waals surface area contributed by atoms with Gasteiger partial charge >= 0.3 is 0 Å². The van der Waals surface area contributed by atoms with Crippen LogP contribution in [0.5, 0.6) is 5.75 Å². The van der Waals surface area contributed by atoms with Gasteiger partial charge in [-0.3, -0.25) is 4.79 Å². The number of hydrogen-bond donors (Lipinski definition) is 2. The Kier molecular flexibility index (Phi) is 6.54. The van der Waals surface area contributed by atoms with Crippen molar-refractivity contribution in [3.63, 3.8) is 0 Å². The average molecular weight is 366 g/mol. The number of aromatic nitrogens is 2. The van der Waals surface area contributed by atoms with Crippen LogP contribution >= 0.6 is 0 Å². The van der Waals surface area contributed by atoms with E-state index in [-0.39, 0.29) is 28.7 Å². The maximum absolute atomic E-state index is 12.3. The first-order valence-electron chi connectivity index (χ1n) is 7.89. The minimum Gasteiger partial charge on any atom is -0.495 e. The van der Waals surface area contributed by atoms with Gasteiger partial charge in [0.15, 0.2) is 0 Å². The molecule has 0 aliphatic heterocycles. The van der Waals surface area contributed by atoms with E-state index in [0.29, 0.717) is 6.54 Å². The molecule has 9 heteroatoms. The molecular formula is C16H22N4O4S. The van der Waals surface area contributed by atoms with E-state index < -0.39 is 10.0 Å². The minimum atomic E-state index is -3.73. The molecule has 1 heterocycles. The third-order valence-electron chi connectivity index (χ3n) is 3.49. The van der Waals surface area contributed by atoms with Crippen LogP contribution in [0.1, 0.15) is 23.7 Å². The molecule has 0 spiro atoms. The first-order chi connectivity index (χ1) is 12.0. The number of benzene rings is 1. The topological polar surface area (TPSA) is 102 Å². The predicted molar refractivity (Wildman–Crippen MR) is 93.0 cm³/mol. The van der Waals surface area contributed by atoms with Gasteiger partial charge in [0.2, 0.25) is 10.0 Å². The molecule has 0 aliphatic carbocycles. The van der Waals surface area contributed by atoms with Crippen LogP contribution < -0.4 is 14.8 Å². The second-order valence-corrected chi connectivity index (χ2v) is 7.01. The Labute approximate surface area is 147 Å².